The Morgan fingerprint density at radius 3 is 2.92 bits per heavy atom. The van der Waals surface area contributed by atoms with Crippen molar-refractivity contribution in [1.29, 1.82) is 0 Å². The molecule has 0 unspecified atom stereocenters. The largest absolute Gasteiger partial charge is 0.386 e. The molecule has 1 aromatic rings. The zero-order valence-electron chi connectivity index (χ0n) is 6.47. The molecule has 0 saturated heterocycles. The molecule has 1 aromatic carbocycles. The van der Waals surface area contributed by atoms with Gasteiger partial charge in [-0.15, -0.1) is 0 Å². The molecule has 0 spiro atoms. The van der Waals surface area contributed by atoms with Gasteiger partial charge >= 0.3 is 0 Å². The summed E-state index contributed by atoms with van der Waals surface area (Å²) in [5.41, 5.74) is 1.25. The normalized spacial score (nSPS) is 8.83. The summed E-state index contributed by atoms with van der Waals surface area (Å²) in [5.74, 6) is 0. The number of isocyanates is 1. The molecule has 4 heteroatoms. The van der Waals surface area contributed by atoms with Crippen LogP contribution in [0.3, 0.4) is 0 Å². The Labute approximate surface area is 75.1 Å². The third-order valence-electron chi connectivity index (χ3n) is 1.39. The zero-order chi connectivity index (χ0) is 8.97. The van der Waals surface area contributed by atoms with E-state index >= 15 is 0 Å². The second-order valence-corrected chi connectivity index (χ2v) is 2.55. The highest BCUT2D eigenvalue weighted by molar-refractivity contribution is 6.31. The molecule has 3 nitrogen and oxygen atoms in total. The Kier molecular flexibility index (Phi) is 2.86. The summed E-state index contributed by atoms with van der Waals surface area (Å²) in [6.45, 7) is 0. The van der Waals surface area contributed by atoms with E-state index in [1.165, 1.54) is 6.08 Å². The SMILES string of the molecule is CNc1cc(Cl)ccc1N=C=O. The van der Waals surface area contributed by atoms with Crippen molar-refractivity contribution in [1.82, 2.24) is 0 Å². The van der Waals surface area contributed by atoms with E-state index in [2.05, 4.69) is 10.3 Å². The van der Waals surface area contributed by atoms with Crippen LogP contribution in [0.1, 0.15) is 0 Å². The Morgan fingerprint density at radius 1 is 1.58 bits per heavy atom. The Balaban J connectivity index is 3.19. The van der Waals surface area contributed by atoms with Crippen molar-refractivity contribution in [3.8, 4) is 0 Å². The van der Waals surface area contributed by atoms with Crippen molar-refractivity contribution < 1.29 is 4.79 Å². The lowest BCUT2D eigenvalue weighted by atomic mass is 10.3. The number of nitrogens with one attached hydrogen (secondary N) is 1. The summed E-state index contributed by atoms with van der Waals surface area (Å²) in [4.78, 5) is 13.5. The first-order valence-electron chi connectivity index (χ1n) is 3.33. The second-order valence-electron chi connectivity index (χ2n) is 2.11. The van der Waals surface area contributed by atoms with Crippen LogP contribution in [0.5, 0.6) is 0 Å². The molecule has 0 radical (unpaired) electrons. The lowest BCUT2D eigenvalue weighted by molar-refractivity contribution is 0.565. The van der Waals surface area contributed by atoms with Crippen LogP contribution < -0.4 is 5.32 Å². The van der Waals surface area contributed by atoms with Crippen LogP contribution in [0.15, 0.2) is 23.2 Å². The molecule has 0 aromatic heterocycles. The highest BCUT2D eigenvalue weighted by atomic mass is 35.5. The lowest BCUT2D eigenvalue weighted by Gasteiger charge is -2.02. The van der Waals surface area contributed by atoms with Crippen molar-refractivity contribution in [3.05, 3.63) is 23.2 Å². The van der Waals surface area contributed by atoms with Gasteiger partial charge < -0.3 is 5.32 Å². The Hall–Kier alpha value is -1.31. The molecule has 0 bridgehead atoms. The topological polar surface area (TPSA) is 41.5 Å². The summed E-state index contributed by atoms with van der Waals surface area (Å²) in [6, 6.07) is 5.01. The monoisotopic (exact) mass is 182 g/mol. The minimum atomic E-state index is 0.539. The third kappa shape index (κ3) is 1.84. The van der Waals surface area contributed by atoms with E-state index in [0.717, 1.165) is 0 Å². The maximum absolute atomic E-state index is 9.97. The van der Waals surface area contributed by atoms with Crippen LogP contribution in [0.25, 0.3) is 0 Å². The summed E-state index contributed by atoms with van der Waals surface area (Å²) in [6.07, 6.45) is 1.47. The van der Waals surface area contributed by atoms with Gasteiger partial charge in [0, 0.05) is 12.1 Å². The van der Waals surface area contributed by atoms with E-state index in [1.807, 2.05) is 0 Å². The van der Waals surface area contributed by atoms with Gasteiger partial charge in [-0.3, -0.25) is 0 Å². The predicted molar refractivity (Wildman–Crippen MR) is 48.8 cm³/mol. The molecule has 0 aliphatic carbocycles. The van der Waals surface area contributed by atoms with Crippen molar-refractivity contribution in [2.45, 2.75) is 0 Å². The molecule has 0 aliphatic rings. The molecule has 62 valence electrons. The molecule has 1 rings (SSSR count). The molecule has 12 heavy (non-hydrogen) atoms. The van der Waals surface area contributed by atoms with Gasteiger partial charge in [-0.05, 0) is 18.2 Å². The van der Waals surface area contributed by atoms with E-state index in [4.69, 9.17) is 11.6 Å². The zero-order valence-corrected chi connectivity index (χ0v) is 7.22. The summed E-state index contributed by atoms with van der Waals surface area (Å²) in [7, 11) is 1.73. The smallest absolute Gasteiger partial charge is 0.240 e. The lowest BCUT2D eigenvalue weighted by Crippen LogP contribution is -1.87. The van der Waals surface area contributed by atoms with Crippen LogP contribution in [0.4, 0.5) is 11.4 Å². The van der Waals surface area contributed by atoms with Crippen LogP contribution >= 0.6 is 11.6 Å². The minimum absolute atomic E-state index is 0.539. The first kappa shape index (κ1) is 8.78. The van der Waals surface area contributed by atoms with Gasteiger partial charge in [-0.1, -0.05) is 11.6 Å². The van der Waals surface area contributed by atoms with Crippen molar-refractivity contribution in [2.24, 2.45) is 4.99 Å². The van der Waals surface area contributed by atoms with Crippen LogP contribution in [-0.2, 0) is 4.79 Å². The Bertz CT molecular complexity index is 332. The fraction of sp³-hybridized carbons (Fsp3) is 0.125. The maximum Gasteiger partial charge on any atom is 0.240 e. The quantitative estimate of drug-likeness (QED) is 0.564. The number of carbonyl (C=O) groups excluding carboxylic acids is 1. The van der Waals surface area contributed by atoms with Crippen LogP contribution in [0, 0.1) is 0 Å². The average Bonchev–Trinajstić information content (AvgIpc) is 2.08. The van der Waals surface area contributed by atoms with Gasteiger partial charge in [0.1, 0.15) is 0 Å². The number of anilines is 1. The van der Waals surface area contributed by atoms with Crippen LogP contribution in [-0.4, -0.2) is 13.1 Å². The van der Waals surface area contributed by atoms with E-state index in [9.17, 15) is 4.79 Å². The summed E-state index contributed by atoms with van der Waals surface area (Å²) in [5, 5.41) is 3.47. The fourth-order valence-corrected chi connectivity index (χ4v) is 1.03. The van der Waals surface area contributed by atoms with Crippen molar-refractivity contribution in [2.75, 3.05) is 12.4 Å². The molecule has 0 amide bonds. The summed E-state index contributed by atoms with van der Waals surface area (Å²) >= 11 is 5.72. The van der Waals surface area contributed by atoms with Gasteiger partial charge in [0.15, 0.2) is 0 Å². The molecular formula is C8H7ClN2O. The first-order valence-corrected chi connectivity index (χ1v) is 3.71. The number of aliphatic imine (C=N–C) groups is 1. The fourth-order valence-electron chi connectivity index (χ4n) is 0.855. The van der Waals surface area contributed by atoms with E-state index in [-0.39, 0.29) is 0 Å². The Morgan fingerprint density at radius 2 is 2.33 bits per heavy atom. The molecule has 0 atom stereocenters. The van der Waals surface area contributed by atoms with Gasteiger partial charge in [-0.2, -0.15) is 4.99 Å². The second kappa shape index (κ2) is 3.90. The van der Waals surface area contributed by atoms with Crippen molar-refractivity contribution in [3.63, 3.8) is 0 Å². The van der Waals surface area contributed by atoms with Gasteiger partial charge in [0.25, 0.3) is 0 Å². The standard InChI is InChI=1S/C8H7ClN2O/c1-10-8-4-6(9)2-3-7(8)11-5-12/h2-4,10H,1H3. The average molecular weight is 183 g/mol. The number of hydrogen-bond donors (Lipinski definition) is 1. The molecular weight excluding hydrogens is 176 g/mol. The molecule has 0 aliphatic heterocycles. The third-order valence-corrected chi connectivity index (χ3v) is 1.63. The number of nitrogens with zero attached hydrogens (tertiary/aromatic N) is 1. The summed E-state index contributed by atoms with van der Waals surface area (Å²) < 4.78 is 0. The number of benzene rings is 1. The molecule has 0 fully saturated rings. The van der Waals surface area contributed by atoms with Crippen molar-refractivity contribution >= 4 is 29.1 Å². The minimum Gasteiger partial charge on any atom is -0.386 e. The predicted octanol–water partition coefficient (Wildman–Crippen LogP) is 2.35. The molecule has 0 saturated carbocycles. The molecule has 1 N–H and O–H groups in total. The van der Waals surface area contributed by atoms with E-state index < -0.39 is 0 Å². The van der Waals surface area contributed by atoms with E-state index in [1.54, 1.807) is 25.2 Å². The van der Waals surface area contributed by atoms with E-state index in [0.29, 0.717) is 16.4 Å². The first-order chi connectivity index (χ1) is 5.77. The number of rotatable bonds is 2. The van der Waals surface area contributed by atoms with Gasteiger partial charge in [0.2, 0.25) is 6.08 Å². The molecule has 0 heterocycles. The van der Waals surface area contributed by atoms with Gasteiger partial charge in [0.05, 0.1) is 11.4 Å². The number of hydrogen-bond acceptors (Lipinski definition) is 3. The van der Waals surface area contributed by atoms with Gasteiger partial charge in [-0.25, -0.2) is 4.79 Å². The highest BCUT2D eigenvalue weighted by Gasteiger charge is 1.98. The number of halogens is 1. The highest BCUT2D eigenvalue weighted by Crippen LogP contribution is 2.27. The maximum atomic E-state index is 9.97. The van der Waals surface area contributed by atoms with Crippen LogP contribution in [0.2, 0.25) is 5.02 Å².